The Labute approximate surface area is 261 Å². The highest BCUT2D eigenvalue weighted by molar-refractivity contribution is 5.95. The third kappa shape index (κ3) is 7.32. The van der Waals surface area contributed by atoms with Gasteiger partial charge in [-0.05, 0) is 73.0 Å². The zero-order valence-electron chi connectivity index (χ0n) is 25.3. The number of likely N-dealkylation sites (tertiary alicyclic amines) is 1. The third-order valence-corrected chi connectivity index (χ3v) is 8.56. The molecule has 7 rings (SSSR count). The summed E-state index contributed by atoms with van der Waals surface area (Å²) in [6.45, 7) is 3.50. The van der Waals surface area contributed by atoms with E-state index in [1.54, 1.807) is 42.5 Å². The van der Waals surface area contributed by atoms with Crippen LogP contribution in [0.2, 0.25) is 0 Å². The van der Waals surface area contributed by atoms with Crippen molar-refractivity contribution in [3.63, 3.8) is 0 Å². The molecule has 0 unspecified atom stereocenters. The molecule has 0 aromatic heterocycles. The Bertz CT molecular complexity index is 1500. The van der Waals surface area contributed by atoms with Crippen molar-refractivity contribution in [2.75, 3.05) is 46.6 Å². The molecule has 45 heavy (non-hydrogen) atoms. The Hall–Kier alpha value is -4.35. The van der Waals surface area contributed by atoms with Gasteiger partial charge in [-0.25, -0.2) is 4.39 Å². The van der Waals surface area contributed by atoms with Crippen molar-refractivity contribution in [1.29, 1.82) is 0 Å². The zero-order valence-corrected chi connectivity index (χ0v) is 25.3. The molecule has 3 aromatic rings. The Balaban J connectivity index is 1.28. The highest BCUT2D eigenvalue weighted by Crippen LogP contribution is 2.35. The second-order valence-electron chi connectivity index (χ2n) is 11.5. The molecule has 4 aliphatic rings. The molecule has 238 valence electrons. The summed E-state index contributed by atoms with van der Waals surface area (Å²) in [6, 6.07) is 16.6. The predicted octanol–water partition coefficient (Wildman–Crippen LogP) is 4.46. The van der Waals surface area contributed by atoms with Crippen LogP contribution in [0.1, 0.15) is 41.6 Å². The van der Waals surface area contributed by atoms with E-state index >= 15 is 0 Å². The number of nitrogens with one attached hydrogen (secondary N) is 2. The van der Waals surface area contributed by atoms with E-state index in [-0.39, 0.29) is 43.0 Å². The molecule has 4 aliphatic heterocycles. The first-order valence-corrected chi connectivity index (χ1v) is 15.4. The van der Waals surface area contributed by atoms with E-state index in [1.165, 1.54) is 25.3 Å². The SMILES string of the molecule is COc1ccc2cc1Oc1cc(F)cc(c1)CNC(=O)C1(CCN(C3CCOCC3)CC1)Oc1ccc(cc1)OCCNC2=O. The molecule has 0 aliphatic carbocycles. The second-order valence-corrected chi connectivity index (χ2v) is 11.5. The summed E-state index contributed by atoms with van der Waals surface area (Å²) in [6.07, 6.45) is 2.96. The van der Waals surface area contributed by atoms with Crippen LogP contribution in [0.15, 0.2) is 60.7 Å². The Morgan fingerprint density at radius 1 is 0.889 bits per heavy atom. The first-order valence-electron chi connectivity index (χ1n) is 15.4. The fourth-order valence-electron chi connectivity index (χ4n) is 6.09. The van der Waals surface area contributed by atoms with Gasteiger partial charge in [0.2, 0.25) is 0 Å². The van der Waals surface area contributed by atoms with Gasteiger partial charge < -0.3 is 34.3 Å². The van der Waals surface area contributed by atoms with Gasteiger partial charge in [0.15, 0.2) is 17.1 Å². The number of halogens is 1. The monoisotopic (exact) mass is 619 g/mol. The Morgan fingerprint density at radius 2 is 1.64 bits per heavy atom. The van der Waals surface area contributed by atoms with Gasteiger partial charge in [-0.3, -0.25) is 14.5 Å². The van der Waals surface area contributed by atoms with Crippen molar-refractivity contribution < 1.29 is 37.7 Å². The number of ether oxygens (including phenoxy) is 5. The number of methoxy groups -OCH3 is 1. The minimum atomic E-state index is -1.10. The van der Waals surface area contributed by atoms with Crippen LogP contribution < -0.4 is 29.6 Å². The second kappa shape index (κ2) is 13.7. The van der Waals surface area contributed by atoms with E-state index in [4.69, 9.17) is 23.7 Å². The summed E-state index contributed by atoms with van der Waals surface area (Å²) < 4.78 is 44.1. The molecule has 11 heteroatoms. The van der Waals surface area contributed by atoms with E-state index in [0.717, 1.165) is 26.1 Å². The van der Waals surface area contributed by atoms with E-state index in [0.29, 0.717) is 60.3 Å². The fraction of sp³-hybridized carbons (Fsp3) is 0.412. The maximum absolute atomic E-state index is 14.8. The van der Waals surface area contributed by atoms with Gasteiger partial charge in [0, 0.05) is 63.4 Å². The van der Waals surface area contributed by atoms with Gasteiger partial charge in [-0.1, -0.05) is 0 Å². The summed E-state index contributed by atoms with van der Waals surface area (Å²) in [4.78, 5) is 29.2. The lowest BCUT2D eigenvalue weighted by Crippen LogP contribution is -2.58. The van der Waals surface area contributed by atoms with E-state index in [9.17, 15) is 14.0 Å². The average molecular weight is 620 g/mol. The number of hydrogen-bond donors (Lipinski definition) is 2. The van der Waals surface area contributed by atoms with Gasteiger partial charge >= 0.3 is 0 Å². The molecule has 2 amide bonds. The highest BCUT2D eigenvalue weighted by Gasteiger charge is 2.45. The topological polar surface area (TPSA) is 108 Å². The Kier molecular flexibility index (Phi) is 9.37. The van der Waals surface area contributed by atoms with Crippen LogP contribution in [0.3, 0.4) is 0 Å². The first kappa shape index (κ1) is 30.7. The fourth-order valence-corrected chi connectivity index (χ4v) is 6.09. The molecule has 0 radical (unpaired) electrons. The van der Waals surface area contributed by atoms with Crippen LogP contribution >= 0.6 is 0 Å². The predicted molar refractivity (Wildman–Crippen MR) is 164 cm³/mol. The summed E-state index contributed by atoms with van der Waals surface area (Å²) in [5, 5.41) is 5.84. The summed E-state index contributed by atoms with van der Waals surface area (Å²) in [5.41, 5.74) is -0.253. The van der Waals surface area contributed by atoms with Gasteiger partial charge in [0.25, 0.3) is 11.8 Å². The smallest absolute Gasteiger partial charge is 0.264 e. The zero-order chi connectivity index (χ0) is 31.2. The Morgan fingerprint density at radius 3 is 2.40 bits per heavy atom. The molecule has 3 aromatic carbocycles. The number of piperidine rings is 1. The van der Waals surface area contributed by atoms with Crippen LogP contribution in [-0.2, 0) is 16.1 Å². The number of amides is 2. The molecule has 10 nitrogen and oxygen atoms in total. The highest BCUT2D eigenvalue weighted by atomic mass is 19.1. The number of rotatable bonds is 2. The van der Waals surface area contributed by atoms with Crippen molar-refractivity contribution in [3.05, 3.63) is 77.6 Å². The molecule has 0 atom stereocenters. The number of carbonyl (C=O) groups excluding carboxylic acids is 2. The quantitative estimate of drug-likeness (QED) is 0.433. The molecule has 0 saturated carbocycles. The normalized spacial score (nSPS) is 19.7. The van der Waals surface area contributed by atoms with E-state index < -0.39 is 11.4 Å². The lowest BCUT2D eigenvalue weighted by molar-refractivity contribution is -0.142. The van der Waals surface area contributed by atoms with Crippen LogP contribution in [0.5, 0.6) is 28.7 Å². The lowest BCUT2D eigenvalue weighted by atomic mass is 9.88. The molecular weight excluding hydrogens is 581 g/mol. The molecule has 6 bridgehead atoms. The minimum absolute atomic E-state index is 0.0636. The molecule has 2 saturated heterocycles. The van der Waals surface area contributed by atoms with E-state index in [1.807, 2.05) is 0 Å². The van der Waals surface area contributed by atoms with Gasteiger partial charge in [-0.2, -0.15) is 0 Å². The summed E-state index contributed by atoms with van der Waals surface area (Å²) in [7, 11) is 1.48. The largest absolute Gasteiger partial charge is 0.493 e. The molecular formula is C34H38FN3O7. The molecule has 2 N–H and O–H groups in total. The molecule has 2 fully saturated rings. The number of carbonyl (C=O) groups is 2. The van der Waals surface area contributed by atoms with Crippen LogP contribution in [-0.4, -0.2) is 74.9 Å². The van der Waals surface area contributed by atoms with E-state index in [2.05, 4.69) is 15.5 Å². The number of fused-ring (bicyclic) bond motifs is 8. The van der Waals surface area contributed by atoms with Crippen LogP contribution in [0.25, 0.3) is 0 Å². The maximum atomic E-state index is 14.8. The van der Waals surface area contributed by atoms with Gasteiger partial charge in [0.1, 0.15) is 29.7 Å². The average Bonchev–Trinajstić information content (AvgIpc) is 3.06. The molecule has 4 heterocycles. The minimum Gasteiger partial charge on any atom is -0.493 e. The molecule has 1 spiro atoms. The third-order valence-electron chi connectivity index (χ3n) is 8.56. The number of hydrogen-bond acceptors (Lipinski definition) is 8. The maximum Gasteiger partial charge on any atom is 0.264 e. The van der Waals surface area contributed by atoms with Crippen molar-refractivity contribution in [3.8, 4) is 28.7 Å². The summed E-state index contributed by atoms with van der Waals surface area (Å²) in [5.74, 6) is 0.868. The summed E-state index contributed by atoms with van der Waals surface area (Å²) >= 11 is 0. The van der Waals surface area contributed by atoms with Crippen molar-refractivity contribution >= 4 is 11.8 Å². The first-order chi connectivity index (χ1) is 21.9. The van der Waals surface area contributed by atoms with Crippen LogP contribution in [0, 0.1) is 5.82 Å². The lowest BCUT2D eigenvalue weighted by Gasteiger charge is -2.44. The van der Waals surface area contributed by atoms with Gasteiger partial charge in [0.05, 0.1) is 13.7 Å². The number of nitrogens with zero attached hydrogens (tertiary/aromatic N) is 1. The van der Waals surface area contributed by atoms with Crippen molar-refractivity contribution in [2.45, 2.75) is 43.9 Å². The van der Waals surface area contributed by atoms with Crippen molar-refractivity contribution in [1.82, 2.24) is 15.5 Å². The van der Waals surface area contributed by atoms with Crippen LogP contribution in [0.4, 0.5) is 4.39 Å². The van der Waals surface area contributed by atoms with Crippen molar-refractivity contribution in [2.24, 2.45) is 0 Å². The van der Waals surface area contributed by atoms with Gasteiger partial charge in [-0.15, -0.1) is 0 Å². The number of benzene rings is 3. The standard InChI is InChI=1S/C34H38FN3O7/c1-41-30-7-2-24-20-31(30)44-29-19-23(18-25(35)21-29)22-37-33(40)34(10-13-38(14-11-34)26-8-15-42-16-9-26)45-28-5-3-27(4-6-28)43-17-12-36-32(24)39/h2-7,18-21,26H,8-17,22H2,1H3,(H,36,39)(H,37,40).